The Morgan fingerprint density at radius 1 is 0.577 bits per heavy atom. The molecular weight excluding hydrogens is 1560 g/mol. The fourth-order valence-corrected chi connectivity index (χ4v) is 9.83. The second kappa shape index (κ2) is 41.5. The summed E-state index contributed by atoms with van der Waals surface area (Å²) in [6, 6.07) is 41.6. The summed E-state index contributed by atoms with van der Waals surface area (Å²) in [5, 5.41) is 26.4. The van der Waals surface area contributed by atoms with Gasteiger partial charge in [0.15, 0.2) is 0 Å². The summed E-state index contributed by atoms with van der Waals surface area (Å²) in [5.74, 6) is -5.04. The van der Waals surface area contributed by atoms with Crippen molar-refractivity contribution in [2.45, 2.75) is 150 Å². The molecule has 9 rings (SSSR count). The summed E-state index contributed by atoms with van der Waals surface area (Å²) >= 11 is 3.39. The van der Waals surface area contributed by atoms with Crippen molar-refractivity contribution >= 4 is 111 Å². The molecule has 1 aliphatic rings. The van der Waals surface area contributed by atoms with Gasteiger partial charge in [0.25, 0.3) is 17.8 Å². The number of ether oxygens (including phenoxy) is 2. The number of halogens is 2. The number of alkyl carbamates (subject to hydrolysis) is 2. The molecule has 4 aromatic heterocycles. The number of aromatic nitrogens is 4. The Morgan fingerprint density at radius 3 is 1.30 bits per heavy atom. The first kappa shape index (κ1) is 88.4. The zero-order valence-electron chi connectivity index (χ0n) is 59.9. The zero-order chi connectivity index (χ0) is 77.0. The molecular formula is C73H89BFIN12O14PdS. The van der Waals surface area contributed by atoms with Crippen molar-refractivity contribution in [3.8, 4) is 22.5 Å². The first-order valence-corrected chi connectivity index (χ1v) is 33.8. The largest absolute Gasteiger partial charge is 0.514 e. The number of nitrogens with zero attached hydrogens (tertiary/aromatic N) is 4. The molecule has 31 heteroatoms. The number of primary amides is 4. The van der Waals surface area contributed by atoms with E-state index in [4.69, 9.17) is 61.5 Å². The maximum atomic E-state index is 14.9. The van der Waals surface area contributed by atoms with Gasteiger partial charge < -0.3 is 73.2 Å². The van der Waals surface area contributed by atoms with E-state index in [-0.39, 0.29) is 68.5 Å². The van der Waals surface area contributed by atoms with Crippen LogP contribution in [0.4, 0.5) is 30.4 Å². The number of carboxylic acids is 2. The summed E-state index contributed by atoms with van der Waals surface area (Å²) in [6.07, 6.45) is 4.74. The van der Waals surface area contributed by atoms with Crippen molar-refractivity contribution in [2.75, 3.05) is 10.6 Å². The second-order valence-electron chi connectivity index (χ2n) is 25.9. The number of anilines is 3. The van der Waals surface area contributed by atoms with Crippen molar-refractivity contribution < 1.29 is 92.2 Å². The molecule has 0 radical (unpaired) electrons. The Kier molecular flexibility index (Phi) is 35.3. The van der Waals surface area contributed by atoms with Crippen molar-refractivity contribution in [1.29, 1.82) is 0 Å². The molecule has 558 valence electrons. The topological polar surface area (TPSA) is 418 Å². The number of rotatable bonds is 19. The number of benzene rings is 4. The predicted molar refractivity (Wildman–Crippen MR) is 403 cm³/mol. The summed E-state index contributed by atoms with van der Waals surface area (Å²) < 4.78 is 42.2. The fraction of sp³-hybridized carbons (Fsp3) is 0.315. The Balaban J connectivity index is 0.000000360. The third-order valence-electron chi connectivity index (χ3n) is 14.2. The quantitative estimate of drug-likeness (QED) is 0.0266. The van der Waals surface area contributed by atoms with Crippen LogP contribution in [-0.4, -0.2) is 125 Å². The van der Waals surface area contributed by atoms with Gasteiger partial charge in [-0.1, -0.05) is 78.9 Å². The van der Waals surface area contributed by atoms with E-state index in [2.05, 4.69) is 63.2 Å². The second-order valence-corrected chi connectivity index (χ2v) is 28.0. The summed E-state index contributed by atoms with van der Waals surface area (Å²) in [6.45, 7) is 22.7. The molecule has 6 amide bonds. The van der Waals surface area contributed by atoms with Crippen molar-refractivity contribution in [1.82, 2.24) is 30.0 Å². The molecule has 0 spiro atoms. The number of nitrogens with two attached hydrogens (primary N) is 4. The molecule has 4 aromatic carbocycles. The first-order valence-electron chi connectivity index (χ1n) is 32.0. The minimum atomic E-state index is -0.900. The minimum Gasteiger partial charge on any atom is -0.481 e. The van der Waals surface area contributed by atoms with Gasteiger partial charge in [0.2, 0.25) is 17.7 Å². The van der Waals surface area contributed by atoms with E-state index in [9.17, 15) is 33.2 Å². The van der Waals surface area contributed by atoms with E-state index in [1.54, 1.807) is 66.2 Å². The maximum Gasteiger partial charge on any atom is 0.514 e. The molecule has 1 aliphatic heterocycles. The van der Waals surface area contributed by atoms with Crippen LogP contribution in [0.2, 0.25) is 0 Å². The van der Waals surface area contributed by atoms with Gasteiger partial charge in [0, 0.05) is 86.8 Å². The molecule has 26 nitrogen and oxygen atoms in total. The zero-order valence-corrected chi connectivity index (χ0v) is 64.4. The minimum absolute atomic E-state index is 0. The number of carbonyl (C=O) groups excluding carboxylic acids is 6. The van der Waals surface area contributed by atoms with E-state index in [0.717, 1.165) is 74.0 Å². The molecule has 1 saturated heterocycles. The number of hydrogen-bond acceptors (Lipinski definition) is 19. The van der Waals surface area contributed by atoms with Gasteiger partial charge in [-0.25, -0.2) is 14.0 Å². The van der Waals surface area contributed by atoms with E-state index >= 15 is 0 Å². The number of pyridine rings is 3. The number of carbonyl (C=O) groups is 8. The van der Waals surface area contributed by atoms with E-state index in [1.807, 2.05) is 162 Å². The van der Waals surface area contributed by atoms with Gasteiger partial charge in [0.1, 0.15) is 40.1 Å². The monoisotopic (exact) mass is 1650 g/mol. The van der Waals surface area contributed by atoms with Gasteiger partial charge in [-0.05, 0) is 194 Å². The Labute approximate surface area is 636 Å². The molecule has 0 saturated carbocycles. The third-order valence-corrected chi connectivity index (χ3v) is 15.8. The number of amides is 6. The molecule has 104 heavy (non-hydrogen) atoms. The fourth-order valence-electron chi connectivity index (χ4n) is 8.80. The smallest absolute Gasteiger partial charge is 0.481 e. The summed E-state index contributed by atoms with van der Waals surface area (Å²) in [4.78, 5) is 102. The number of hydrogen-bond donors (Lipinski definition) is 10. The number of nitrogens with one attached hydrogen (secondary N) is 4. The molecule has 8 aromatic rings. The Bertz CT molecular complexity index is 4070. The number of aliphatic carboxylic acids is 2. The van der Waals surface area contributed by atoms with Crippen LogP contribution in [0.1, 0.15) is 116 Å². The van der Waals surface area contributed by atoms with E-state index in [0.29, 0.717) is 11.4 Å². The van der Waals surface area contributed by atoms with E-state index in [1.165, 1.54) is 17.6 Å². The van der Waals surface area contributed by atoms with Crippen LogP contribution in [0, 0.1) is 16.3 Å². The summed E-state index contributed by atoms with van der Waals surface area (Å²) in [7, 11) is -0.351. The molecule has 5 heterocycles. The standard InChI is InChI=1S/C25H23FN6O2S.C19H23N3O3.C14H19IN2O3.C11H16BNO2.2C2H4O2.Pd/c1-14-10-23(35-32-14)31-20-13-21(18(26)12-17(20)24(27)33)30-22(25(28)34)11-15-5-7-16(8-6-15)19-4-2-3-9-29-19;1-19(2,3)25-18(24)22-16(17(20)23)12-13-7-9-14(10-8-13)15-6-4-5-11-21-15;1-14(2,3)20-13(19)17-11(12(16)18)8-9-4-6-10(15)7-5-9;1-10(2)11(3,4)15-12(14-10)9-7-5-6-8-13-9;2*1-2(3)4;/h2-10,12-13,22,30-31H,11H2,1H3,(H2,27,33)(H2,28,34);4-11,16H,12H2,1-3H3,(H2,20,23)(H,22,24);4-7,11H,8H2,1-3H3,(H2,16,18)(H,17,19);5-8H,1-4H3;2*1H3,(H,3,4);/t22-;16-;11-;;;;/m111..../s1. The molecule has 0 bridgehead atoms. The van der Waals surface area contributed by atoms with Crippen LogP contribution in [0.3, 0.4) is 0 Å². The van der Waals surface area contributed by atoms with Gasteiger partial charge in [-0.2, -0.15) is 4.37 Å². The SMILES string of the molecule is CC(=O)O.CC(=O)O.CC(C)(C)OC(=O)N[C@H](Cc1ccc(-c2ccccn2)cc1)C(N)=O.CC(C)(C)OC(=O)N[C@H](Cc1ccc(I)cc1)C(N)=O.CC1(C)OB(c2ccccn2)OC1(C)C.Cc1cc(Nc2cc(N[C@H](Cc3ccc(-c4ccccn4)cc3)C(N)=O)c(F)cc2C(N)=O)sn1.[Pd]. The number of carboxylic acid groups (broad SMARTS) is 2. The molecule has 0 aliphatic carbocycles. The van der Waals surface area contributed by atoms with Crippen LogP contribution >= 0.6 is 34.1 Å². The molecule has 14 N–H and O–H groups in total. The van der Waals surface area contributed by atoms with Crippen molar-refractivity contribution in [2.24, 2.45) is 22.9 Å². The Hall–Kier alpha value is -9.77. The van der Waals surface area contributed by atoms with Crippen LogP contribution in [0.5, 0.6) is 0 Å². The normalized spacial score (nSPS) is 13.1. The summed E-state index contributed by atoms with van der Waals surface area (Å²) in [5.41, 5.74) is 28.0. The number of aryl methyl sites for hydroxylation is 1. The maximum absolute atomic E-state index is 14.9. The van der Waals surface area contributed by atoms with Crippen LogP contribution in [-0.2, 0) is 82.4 Å². The molecule has 0 unspecified atom stereocenters. The van der Waals surface area contributed by atoms with Crippen LogP contribution < -0.4 is 49.8 Å². The van der Waals surface area contributed by atoms with Gasteiger partial charge in [-0.3, -0.25) is 43.7 Å². The average Bonchev–Trinajstić information content (AvgIpc) is 1.66. The van der Waals surface area contributed by atoms with Gasteiger partial charge in [-0.15, -0.1) is 0 Å². The first-order chi connectivity index (χ1) is 48.1. The molecule has 3 atom stereocenters. The van der Waals surface area contributed by atoms with Crippen molar-refractivity contribution in [3.63, 3.8) is 0 Å². The van der Waals surface area contributed by atoms with Gasteiger partial charge >= 0.3 is 19.3 Å². The average molecular weight is 1650 g/mol. The van der Waals surface area contributed by atoms with Crippen LogP contribution in [0.15, 0.2) is 164 Å². The predicted octanol–water partition coefficient (Wildman–Crippen LogP) is 10.4. The van der Waals surface area contributed by atoms with E-state index < -0.39 is 82.9 Å². The van der Waals surface area contributed by atoms with Gasteiger partial charge in [0.05, 0.1) is 50.8 Å². The van der Waals surface area contributed by atoms with Crippen LogP contribution in [0.25, 0.3) is 22.5 Å². The Morgan fingerprint density at radius 2 is 0.962 bits per heavy atom. The molecule has 1 fully saturated rings. The third kappa shape index (κ3) is 32.3. The van der Waals surface area contributed by atoms with Crippen molar-refractivity contribution in [3.05, 3.63) is 202 Å².